The summed E-state index contributed by atoms with van der Waals surface area (Å²) >= 11 is 0. The molecular formula is C28H30O15. The summed E-state index contributed by atoms with van der Waals surface area (Å²) in [7, 11) is 0. The fraction of sp³-hybridized carbons (Fsp3) is 0.429. The number of ether oxygens (including phenoxy) is 5. The third-order valence-corrected chi connectivity index (χ3v) is 7.16. The van der Waals surface area contributed by atoms with E-state index >= 15 is 0 Å². The molecule has 15 heteroatoms. The molecule has 5 rings (SSSR count). The smallest absolute Gasteiger partial charge is 0.302 e. The second kappa shape index (κ2) is 11.6. The molecule has 232 valence electrons. The Morgan fingerprint density at radius 2 is 1.70 bits per heavy atom. The van der Waals surface area contributed by atoms with Crippen LogP contribution in [0.25, 0.3) is 22.3 Å². The SMILES string of the molecule is CC(=O)OC[C@@]1(O)CO[C@H](Oc2c(-c3ccc(O)cc3)oc3cc(O[C@@H]4O[C@@H](C)[C@H](O)[C@@H](O)[C@H]4O)cc(O)c3c2=O)[C@H]1O. The van der Waals surface area contributed by atoms with Gasteiger partial charge < -0.3 is 63.8 Å². The van der Waals surface area contributed by atoms with Gasteiger partial charge >= 0.3 is 5.97 Å². The molecule has 2 saturated heterocycles. The number of fused-ring (bicyclic) bond motifs is 1. The molecule has 0 unspecified atom stereocenters. The van der Waals surface area contributed by atoms with Gasteiger partial charge in [-0.25, -0.2) is 0 Å². The zero-order valence-corrected chi connectivity index (χ0v) is 22.8. The third kappa shape index (κ3) is 5.83. The van der Waals surface area contributed by atoms with Gasteiger partial charge in [-0.05, 0) is 31.2 Å². The molecule has 0 saturated carbocycles. The van der Waals surface area contributed by atoms with E-state index in [9.17, 15) is 45.3 Å². The standard InChI is InChI=1S/C28H30O15/c1-11-19(32)21(34)22(35)26(40-11)41-15-7-16(31)18-17(8-15)42-23(13-3-5-14(30)6-4-13)24(20(18)33)43-27-25(36)28(37,10-39-27)9-38-12(2)29/h3-8,11,19,21-22,25-27,30-32,34-37H,9-10H2,1-2H3/t11-,19-,21+,22+,25+,26-,27+,28+/m0/s1. The number of esters is 1. The summed E-state index contributed by atoms with van der Waals surface area (Å²) in [5.41, 5.74) is -2.96. The van der Waals surface area contributed by atoms with E-state index in [0.717, 1.165) is 13.0 Å². The van der Waals surface area contributed by atoms with Crippen molar-refractivity contribution in [2.24, 2.45) is 0 Å². The normalized spacial score (nSPS) is 30.7. The van der Waals surface area contributed by atoms with Crippen molar-refractivity contribution in [2.45, 2.75) is 62.5 Å². The van der Waals surface area contributed by atoms with Gasteiger partial charge in [-0.3, -0.25) is 9.59 Å². The molecule has 8 atom stereocenters. The van der Waals surface area contributed by atoms with E-state index in [1.54, 1.807) is 0 Å². The number of aliphatic hydroxyl groups is 5. The highest BCUT2D eigenvalue weighted by atomic mass is 16.7. The molecule has 0 aliphatic carbocycles. The van der Waals surface area contributed by atoms with Crippen LogP contribution in [0.5, 0.6) is 23.0 Å². The van der Waals surface area contributed by atoms with Gasteiger partial charge in [0.25, 0.3) is 0 Å². The van der Waals surface area contributed by atoms with Gasteiger partial charge in [-0.2, -0.15) is 0 Å². The molecule has 0 spiro atoms. The van der Waals surface area contributed by atoms with Crippen molar-refractivity contribution in [1.82, 2.24) is 0 Å². The van der Waals surface area contributed by atoms with Crippen LogP contribution in [0.2, 0.25) is 0 Å². The monoisotopic (exact) mass is 606 g/mol. The number of phenolic OH excluding ortho intramolecular Hbond substituents is 2. The van der Waals surface area contributed by atoms with Crippen LogP contribution < -0.4 is 14.9 Å². The molecule has 43 heavy (non-hydrogen) atoms. The zero-order chi connectivity index (χ0) is 31.2. The number of rotatable bonds is 7. The number of benzene rings is 2. The summed E-state index contributed by atoms with van der Waals surface area (Å²) in [5.74, 6) is -2.33. The van der Waals surface area contributed by atoms with E-state index in [4.69, 9.17) is 28.1 Å². The van der Waals surface area contributed by atoms with Gasteiger partial charge in [0, 0.05) is 24.6 Å². The Bertz CT molecular complexity index is 1550. The molecule has 2 aromatic carbocycles. The maximum atomic E-state index is 13.7. The number of hydrogen-bond acceptors (Lipinski definition) is 15. The van der Waals surface area contributed by atoms with Crippen LogP contribution in [-0.4, -0.2) is 104 Å². The first-order valence-corrected chi connectivity index (χ1v) is 13.1. The van der Waals surface area contributed by atoms with Crippen LogP contribution >= 0.6 is 0 Å². The molecule has 7 N–H and O–H groups in total. The van der Waals surface area contributed by atoms with Gasteiger partial charge in [0.2, 0.25) is 23.8 Å². The zero-order valence-electron chi connectivity index (χ0n) is 22.8. The van der Waals surface area contributed by atoms with Gasteiger partial charge in [0.05, 0.1) is 12.7 Å². The number of hydrogen-bond donors (Lipinski definition) is 7. The first-order chi connectivity index (χ1) is 20.3. The van der Waals surface area contributed by atoms with Gasteiger partial charge in [0.1, 0.15) is 53.1 Å². The molecular weight excluding hydrogens is 576 g/mol. The van der Waals surface area contributed by atoms with Crippen molar-refractivity contribution < 1.29 is 68.6 Å². The van der Waals surface area contributed by atoms with Crippen LogP contribution in [0.4, 0.5) is 0 Å². The second-order valence-electron chi connectivity index (χ2n) is 10.4. The van der Waals surface area contributed by atoms with Crippen molar-refractivity contribution in [2.75, 3.05) is 13.2 Å². The Hall–Kier alpha value is -3.96. The summed E-state index contributed by atoms with van der Waals surface area (Å²) in [5, 5.41) is 72.0. The predicted octanol–water partition coefficient (Wildman–Crippen LogP) is -0.532. The minimum atomic E-state index is -2.05. The quantitative estimate of drug-likeness (QED) is 0.167. The lowest BCUT2D eigenvalue weighted by molar-refractivity contribution is -0.268. The molecule has 0 bridgehead atoms. The van der Waals surface area contributed by atoms with Gasteiger partial charge in [0.15, 0.2) is 17.5 Å². The number of aliphatic hydroxyl groups excluding tert-OH is 4. The van der Waals surface area contributed by atoms with Crippen LogP contribution in [0, 0.1) is 0 Å². The summed E-state index contributed by atoms with van der Waals surface area (Å²) in [6, 6.07) is 7.65. The van der Waals surface area contributed by atoms with E-state index in [1.807, 2.05) is 0 Å². The highest BCUT2D eigenvalue weighted by molar-refractivity contribution is 5.88. The number of phenols is 2. The Labute approximate surface area is 242 Å². The summed E-state index contributed by atoms with van der Waals surface area (Å²) in [6.07, 6.45) is -10.4. The van der Waals surface area contributed by atoms with E-state index in [2.05, 4.69) is 0 Å². The number of aromatic hydroxyl groups is 2. The van der Waals surface area contributed by atoms with Crippen LogP contribution in [0.1, 0.15) is 13.8 Å². The Morgan fingerprint density at radius 3 is 2.37 bits per heavy atom. The van der Waals surface area contributed by atoms with Crippen molar-refractivity contribution >= 4 is 16.9 Å². The summed E-state index contributed by atoms with van der Waals surface area (Å²) < 4.78 is 32.9. The predicted molar refractivity (Wildman–Crippen MR) is 142 cm³/mol. The summed E-state index contributed by atoms with van der Waals surface area (Å²) in [4.78, 5) is 24.9. The minimum absolute atomic E-state index is 0.0969. The van der Waals surface area contributed by atoms with Crippen LogP contribution in [0.15, 0.2) is 45.6 Å². The highest BCUT2D eigenvalue weighted by Gasteiger charge is 2.51. The third-order valence-electron chi connectivity index (χ3n) is 7.16. The first-order valence-electron chi connectivity index (χ1n) is 13.1. The largest absolute Gasteiger partial charge is 0.508 e. The molecule has 0 radical (unpaired) electrons. The first kappa shape index (κ1) is 30.5. The number of carbonyl (C=O) groups excluding carboxylic acids is 1. The molecule has 2 fully saturated rings. The van der Waals surface area contributed by atoms with Crippen LogP contribution in [-0.2, 0) is 19.0 Å². The van der Waals surface area contributed by atoms with Crippen molar-refractivity contribution in [3.8, 4) is 34.3 Å². The van der Waals surface area contributed by atoms with Crippen molar-refractivity contribution in [3.63, 3.8) is 0 Å². The maximum absolute atomic E-state index is 13.7. The Kier molecular flexibility index (Phi) is 8.24. The Morgan fingerprint density at radius 1 is 1.00 bits per heavy atom. The van der Waals surface area contributed by atoms with Crippen molar-refractivity contribution in [1.29, 1.82) is 0 Å². The lowest BCUT2D eigenvalue weighted by atomic mass is 10.00. The Balaban J connectivity index is 1.54. The average Bonchev–Trinajstić information content (AvgIpc) is 3.24. The topological polar surface area (TPSA) is 235 Å². The molecule has 15 nitrogen and oxygen atoms in total. The van der Waals surface area contributed by atoms with Gasteiger partial charge in [-0.15, -0.1) is 0 Å². The van der Waals surface area contributed by atoms with E-state index in [1.165, 1.54) is 37.3 Å². The number of carbonyl (C=O) groups is 1. The molecule has 2 aliphatic rings. The van der Waals surface area contributed by atoms with Crippen molar-refractivity contribution in [3.05, 3.63) is 46.6 Å². The maximum Gasteiger partial charge on any atom is 0.302 e. The van der Waals surface area contributed by atoms with E-state index in [0.29, 0.717) is 0 Å². The molecule has 3 heterocycles. The average molecular weight is 607 g/mol. The van der Waals surface area contributed by atoms with Gasteiger partial charge in [-0.1, -0.05) is 0 Å². The van der Waals surface area contributed by atoms with Crippen LogP contribution in [0.3, 0.4) is 0 Å². The molecule has 3 aromatic rings. The molecule has 0 amide bonds. The lowest BCUT2D eigenvalue weighted by Gasteiger charge is -2.38. The fourth-order valence-corrected chi connectivity index (χ4v) is 4.71. The summed E-state index contributed by atoms with van der Waals surface area (Å²) in [6.45, 7) is 1.45. The fourth-order valence-electron chi connectivity index (χ4n) is 4.71. The van der Waals surface area contributed by atoms with E-state index in [-0.39, 0.29) is 33.8 Å². The molecule has 2 aliphatic heterocycles. The second-order valence-corrected chi connectivity index (χ2v) is 10.4. The van der Waals surface area contributed by atoms with E-state index < -0.39 is 84.8 Å². The minimum Gasteiger partial charge on any atom is -0.508 e. The lowest BCUT2D eigenvalue weighted by Crippen LogP contribution is -2.58. The molecule has 1 aromatic heterocycles. The highest BCUT2D eigenvalue weighted by Crippen LogP contribution is 2.39.